The monoisotopic (exact) mass is 468 g/mol. The van der Waals surface area contributed by atoms with Gasteiger partial charge >= 0.3 is 6.03 Å². The lowest BCUT2D eigenvalue weighted by Crippen LogP contribution is -2.40. The van der Waals surface area contributed by atoms with Crippen molar-refractivity contribution in [2.75, 3.05) is 0 Å². The highest BCUT2D eigenvalue weighted by molar-refractivity contribution is 7.90. The Morgan fingerprint density at radius 1 is 0.906 bits per heavy atom. The number of benzene rings is 3. The Hall–Kier alpha value is -3.62. The molecular formula is C23H17ClN2O5S. The van der Waals surface area contributed by atoms with E-state index in [4.69, 9.17) is 16.0 Å². The molecule has 162 valence electrons. The number of amides is 2. The van der Waals surface area contributed by atoms with Crippen LogP contribution in [0.15, 0.2) is 93.0 Å². The Morgan fingerprint density at radius 3 is 2.28 bits per heavy atom. The zero-order valence-corrected chi connectivity index (χ0v) is 18.1. The largest absolute Gasteiger partial charge is 0.454 e. The van der Waals surface area contributed by atoms with E-state index in [2.05, 4.69) is 5.32 Å². The predicted molar refractivity (Wildman–Crippen MR) is 122 cm³/mol. The van der Waals surface area contributed by atoms with E-state index in [1.807, 2.05) is 4.72 Å². The molecule has 0 atom stereocenters. The maximum absolute atomic E-state index is 13.1. The first-order valence-electron chi connectivity index (χ1n) is 9.51. The molecular weight excluding hydrogens is 452 g/mol. The highest BCUT2D eigenvalue weighted by Gasteiger charge is 2.29. The number of urea groups is 1. The third-order valence-corrected chi connectivity index (χ3v) is 6.27. The average molecular weight is 469 g/mol. The van der Waals surface area contributed by atoms with Gasteiger partial charge in [-0.2, -0.15) is 0 Å². The van der Waals surface area contributed by atoms with Gasteiger partial charge in [0.25, 0.3) is 10.0 Å². The molecule has 0 saturated carbocycles. The van der Waals surface area contributed by atoms with E-state index in [0.29, 0.717) is 10.6 Å². The lowest BCUT2D eigenvalue weighted by molar-refractivity contribution is 0.245. The van der Waals surface area contributed by atoms with Crippen LogP contribution in [0.2, 0.25) is 5.02 Å². The topological polar surface area (TPSA) is 105 Å². The molecule has 32 heavy (non-hydrogen) atoms. The third kappa shape index (κ3) is 4.51. The van der Waals surface area contributed by atoms with Crippen molar-refractivity contribution in [2.45, 2.75) is 11.4 Å². The minimum absolute atomic E-state index is 0.0659. The van der Waals surface area contributed by atoms with Crippen LogP contribution in [0.4, 0.5) is 4.79 Å². The fourth-order valence-corrected chi connectivity index (χ4v) is 4.44. The molecule has 4 aromatic rings. The maximum atomic E-state index is 13.1. The number of hydrogen-bond acceptors (Lipinski definition) is 5. The number of fused-ring (bicyclic) bond motifs is 1. The Bertz CT molecular complexity index is 1450. The molecule has 0 fully saturated rings. The quantitative estimate of drug-likeness (QED) is 0.454. The second-order valence-corrected chi connectivity index (χ2v) is 8.92. The Morgan fingerprint density at radius 2 is 1.56 bits per heavy atom. The second-order valence-electron chi connectivity index (χ2n) is 6.87. The van der Waals surface area contributed by atoms with Crippen LogP contribution in [0, 0.1) is 0 Å². The van der Waals surface area contributed by atoms with E-state index >= 15 is 0 Å². The summed E-state index contributed by atoms with van der Waals surface area (Å²) in [6, 6.07) is 20.4. The van der Waals surface area contributed by atoms with Gasteiger partial charge in [0.1, 0.15) is 5.58 Å². The molecule has 7 nitrogen and oxygen atoms in total. The van der Waals surface area contributed by atoms with Gasteiger partial charge in [-0.1, -0.05) is 66.2 Å². The van der Waals surface area contributed by atoms with Crippen molar-refractivity contribution in [3.05, 3.63) is 99.7 Å². The summed E-state index contributed by atoms with van der Waals surface area (Å²) in [4.78, 5) is 24.8. The highest BCUT2D eigenvalue weighted by Crippen LogP contribution is 2.28. The molecule has 2 N–H and O–H groups in total. The number of carbonyl (C=O) groups excluding carboxylic acids is 1. The first-order valence-corrected chi connectivity index (χ1v) is 11.4. The summed E-state index contributed by atoms with van der Waals surface area (Å²) >= 11 is 5.83. The first-order chi connectivity index (χ1) is 15.3. The van der Waals surface area contributed by atoms with Crippen molar-refractivity contribution < 1.29 is 17.6 Å². The van der Waals surface area contributed by atoms with Crippen LogP contribution in [-0.2, 0) is 16.6 Å². The molecule has 0 saturated heterocycles. The summed E-state index contributed by atoms with van der Waals surface area (Å²) in [6.07, 6.45) is 0. The number of para-hydroxylation sites is 1. The van der Waals surface area contributed by atoms with Crippen LogP contribution < -0.4 is 15.5 Å². The Kier molecular flexibility index (Phi) is 5.98. The van der Waals surface area contributed by atoms with Gasteiger partial charge in [-0.3, -0.25) is 4.79 Å². The molecule has 0 spiro atoms. The lowest BCUT2D eigenvalue weighted by Gasteiger charge is -2.12. The third-order valence-electron chi connectivity index (χ3n) is 4.65. The van der Waals surface area contributed by atoms with E-state index < -0.39 is 26.4 Å². The number of halogens is 1. The van der Waals surface area contributed by atoms with Crippen LogP contribution >= 0.6 is 11.6 Å². The fourth-order valence-electron chi connectivity index (χ4n) is 3.14. The van der Waals surface area contributed by atoms with Gasteiger partial charge in [-0.05, 0) is 29.8 Å². The molecule has 0 radical (unpaired) electrons. The van der Waals surface area contributed by atoms with Crippen LogP contribution in [0.5, 0.6) is 0 Å². The number of nitrogens with one attached hydrogen (secondary N) is 2. The normalized spacial score (nSPS) is 11.3. The smallest absolute Gasteiger partial charge is 0.328 e. The number of sulfonamides is 1. The van der Waals surface area contributed by atoms with Gasteiger partial charge in [0, 0.05) is 17.1 Å². The van der Waals surface area contributed by atoms with Gasteiger partial charge < -0.3 is 9.73 Å². The summed E-state index contributed by atoms with van der Waals surface area (Å²) in [5.41, 5.74) is 0.584. The molecule has 0 aliphatic rings. The molecule has 9 heteroatoms. The van der Waals surface area contributed by atoms with E-state index in [1.165, 1.54) is 6.07 Å². The molecule has 0 unspecified atom stereocenters. The summed E-state index contributed by atoms with van der Waals surface area (Å²) in [6.45, 7) is 0.0659. The van der Waals surface area contributed by atoms with Crippen molar-refractivity contribution in [2.24, 2.45) is 0 Å². The molecule has 0 bridgehead atoms. The molecule has 1 heterocycles. The summed E-state index contributed by atoms with van der Waals surface area (Å²) in [7, 11) is -4.56. The van der Waals surface area contributed by atoms with Gasteiger partial charge in [-0.25, -0.2) is 17.9 Å². The minimum atomic E-state index is -4.56. The van der Waals surface area contributed by atoms with Crippen molar-refractivity contribution in [3.63, 3.8) is 0 Å². The SMILES string of the molecule is O=C(NCc1ccc(Cl)cc1)NS(=O)(=O)c1c(-c2ccccc2)oc2ccccc2c1=O. The van der Waals surface area contributed by atoms with Gasteiger partial charge in [0.15, 0.2) is 10.7 Å². The zero-order valence-electron chi connectivity index (χ0n) is 16.5. The zero-order chi connectivity index (χ0) is 22.7. The maximum Gasteiger partial charge on any atom is 0.328 e. The molecule has 4 rings (SSSR count). The van der Waals surface area contributed by atoms with E-state index in [-0.39, 0.29) is 23.3 Å². The predicted octanol–water partition coefficient (Wildman–Crippen LogP) is 4.30. The van der Waals surface area contributed by atoms with Crippen LogP contribution in [0.25, 0.3) is 22.3 Å². The molecule has 1 aromatic heterocycles. The molecule has 3 aromatic carbocycles. The van der Waals surface area contributed by atoms with E-state index in [1.54, 1.807) is 72.8 Å². The number of carbonyl (C=O) groups is 1. The van der Waals surface area contributed by atoms with Gasteiger partial charge in [0.05, 0.1) is 5.39 Å². The van der Waals surface area contributed by atoms with Crippen LogP contribution in [-0.4, -0.2) is 14.4 Å². The second kappa shape index (κ2) is 8.86. The van der Waals surface area contributed by atoms with Crippen LogP contribution in [0.3, 0.4) is 0 Å². The Labute approximate surface area is 188 Å². The standard InChI is InChI=1S/C23H17ClN2O5S/c24-17-12-10-15(11-13-17)14-25-23(28)26-32(29,30)22-20(27)18-8-4-5-9-19(18)31-21(22)16-6-2-1-3-7-16/h1-13H,14H2,(H2,25,26,28). The van der Waals surface area contributed by atoms with Gasteiger partial charge in [0.2, 0.25) is 5.43 Å². The highest BCUT2D eigenvalue weighted by atomic mass is 35.5. The van der Waals surface area contributed by atoms with Crippen LogP contribution in [0.1, 0.15) is 5.56 Å². The van der Waals surface area contributed by atoms with Crippen molar-refractivity contribution >= 4 is 38.6 Å². The molecule has 0 aliphatic heterocycles. The van der Waals surface area contributed by atoms with Crippen molar-refractivity contribution in [1.82, 2.24) is 10.0 Å². The fraction of sp³-hybridized carbons (Fsp3) is 0.0435. The minimum Gasteiger partial charge on any atom is -0.454 e. The van der Waals surface area contributed by atoms with Crippen molar-refractivity contribution in [1.29, 1.82) is 0 Å². The average Bonchev–Trinajstić information content (AvgIpc) is 2.78. The summed E-state index contributed by atoms with van der Waals surface area (Å²) in [5.74, 6) is -0.146. The van der Waals surface area contributed by atoms with E-state index in [9.17, 15) is 18.0 Å². The first kappa shape index (κ1) is 21.6. The summed E-state index contributed by atoms with van der Waals surface area (Å²) in [5, 5.41) is 3.09. The Balaban J connectivity index is 1.70. The lowest BCUT2D eigenvalue weighted by atomic mass is 10.1. The number of hydrogen-bond donors (Lipinski definition) is 2. The molecule has 2 amide bonds. The van der Waals surface area contributed by atoms with Crippen molar-refractivity contribution in [3.8, 4) is 11.3 Å². The number of rotatable bonds is 5. The van der Waals surface area contributed by atoms with E-state index in [0.717, 1.165) is 5.56 Å². The molecule has 0 aliphatic carbocycles. The van der Waals surface area contributed by atoms with Gasteiger partial charge in [-0.15, -0.1) is 0 Å². The summed E-state index contributed by atoms with van der Waals surface area (Å²) < 4.78 is 33.9.